The highest BCUT2D eigenvalue weighted by Gasteiger charge is 2.14. The third-order valence-electron chi connectivity index (χ3n) is 2.39. The van der Waals surface area contributed by atoms with Gasteiger partial charge in [0.05, 0.1) is 12.1 Å². The summed E-state index contributed by atoms with van der Waals surface area (Å²) in [5.41, 5.74) is 6.05. The van der Waals surface area contributed by atoms with Crippen molar-refractivity contribution in [3.63, 3.8) is 0 Å². The first-order valence-electron chi connectivity index (χ1n) is 6.07. The minimum atomic E-state index is -0.513. The van der Waals surface area contributed by atoms with Gasteiger partial charge in [0.25, 0.3) is 5.91 Å². The first-order chi connectivity index (χ1) is 8.40. The highest BCUT2D eigenvalue weighted by molar-refractivity contribution is 7.09. The van der Waals surface area contributed by atoms with Crippen LogP contribution >= 0.6 is 11.3 Å². The molecule has 2 atom stereocenters. The zero-order valence-corrected chi connectivity index (χ0v) is 11.8. The maximum absolute atomic E-state index is 11.8. The van der Waals surface area contributed by atoms with E-state index in [0.717, 1.165) is 5.01 Å². The Hall–Kier alpha value is -0.980. The molecule has 0 aliphatic heterocycles. The van der Waals surface area contributed by atoms with E-state index in [4.69, 9.17) is 5.73 Å². The van der Waals surface area contributed by atoms with E-state index in [1.54, 1.807) is 5.38 Å². The summed E-state index contributed by atoms with van der Waals surface area (Å²) in [6.07, 6.45) is 0.156. The van der Waals surface area contributed by atoms with E-state index in [0.29, 0.717) is 18.0 Å². The fraction of sp³-hybridized carbons (Fsp3) is 0.667. The molecule has 0 saturated heterocycles. The van der Waals surface area contributed by atoms with Crippen molar-refractivity contribution in [3.05, 3.63) is 16.1 Å². The fourth-order valence-corrected chi connectivity index (χ4v) is 2.29. The summed E-state index contributed by atoms with van der Waals surface area (Å²) in [7, 11) is 0. The van der Waals surface area contributed by atoms with Gasteiger partial charge in [-0.1, -0.05) is 13.8 Å². The van der Waals surface area contributed by atoms with Gasteiger partial charge in [0.2, 0.25) is 0 Å². The number of nitrogens with two attached hydrogens (primary N) is 1. The monoisotopic (exact) mass is 271 g/mol. The van der Waals surface area contributed by atoms with Crippen molar-refractivity contribution in [1.82, 2.24) is 10.3 Å². The molecule has 5 nitrogen and oxygen atoms in total. The molecule has 1 aromatic rings. The smallest absolute Gasteiger partial charge is 0.270 e. The number of rotatable bonds is 6. The highest BCUT2D eigenvalue weighted by Crippen LogP contribution is 2.15. The first-order valence-corrected chi connectivity index (χ1v) is 6.95. The molecule has 0 radical (unpaired) electrons. The Kier molecular flexibility index (Phi) is 5.71. The van der Waals surface area contributed by atoms with E-state index in [1.165, 1.54) is 11.3 Å². The normalized spacial score (nSPS) is 14.6. The lowest BCUT2D eigenvalue weighted by Crippen LogP contribution is -2.33. The third-order valence-corrected chi connectivity index (χ3v) is 3.43. The molecule has 0 aliphatic rings. The first kappa shape index (κ1) is 15.1. The lowest BCUT2D eigenvalue weighted by atomic mass is 10.1. The standard InChI is InChI=1S/C12H21N3O2S/c1-7(2)4-9(16)5-14-11(17)10-6-18-12(15-10)8(3)13/h6-9,16H,4-5,13H2,1-3H3,(H,14,17). The average molecular weight is 271 g/mol. The second-order valence-electron chi connectivity index (χ2n) is 4.85. The maximum Gasteiger partial charge on any atom is 0.270 e. The van der Waals surface area contributed by atoms with Gasteiger partial charge in [-0.05, 0) is 19.3 Å². The number of amides is 1. The molecular formula is C12H21N3O2S. The van der Waals surface area contributed by atoms with Crippen LogP contribution in [0.3, 0.4) is 0 Å². The Labute approximate surface area is 111 Å². The molecular weight excluding hydrogens is 250 g/mol. The Morgan fingerprint density at radius 3 is 2.72 bits per heavy atom. The summed E-state index contributed by atoms with van der Waals surface area (Å²) in [5.74, 6) is 0.141. The molecule has 6 heteroatoms. The Morgan fingerprint density at radius 1 is 1.56 bits per heavy atom. The zero-order chi connectivity index (χ0) is 13.7. The van der Waals surface area contributed by atoms with Gasteiger partial charge >= 0.3 is 0 Å². The fourth-order valence-electron chi connectivity index (χ4n) is 1.53. The van der Waals surface area contributed by atoms with Crippen LogP contribution in [0.2, 0.25) is 0 Å². The second kappa shape index (κ2) is 6.82. The van der Waals surface area contributed by atoms with Crippen LogP contribution in [0.15, 0.2) is 5.38 Å². The molecule has 18 heavy (non-hydrogen) atoms. The lowest BCUT2D eigenvalue weighted by molar-refractivity contribution is 0.0896. The SMILES string of the molecule is CC(C)CC(O)CNC(=O)c1csc(C(C)N)n1. The van der Waals surface area contributed by atoms with E-state index in [1.807, 2.05) is 20.8 Å². The highest BCUT2D eigenvalue weighted by atomic mass is 32.1. The largest absolute Gasteiger partial charge is 0.391 e. The van der Waals surface area contributed by atoms with Crippen LogP contribution in [-0.4, -0.2) is 28.6 Å². The number of aliphatic hydroxyl groups excluding tert-OH is 1. The van der Waals surface area contributed by atoms with Crippen LogP contribution in [0.25, 0.3) is 0 Å². The molecule has 1 amide bonds. The number of hydrogen-bond donors (Lipinski definition) is 3. The summed E-state index contributed by atoms with van der Waals surface area (Å²) in [5, 5.41) is 14.7. The molecule has 102 valence electrons. The number of carbonyl (C=O) groups excluding carboxylic acids is 1. The van der Waals surface area contributed by atoms with Gasteiger partial charge in [-0.15, -0.1) is 11.3 Å². The van der Waals surface area contributed by atoms with Crippen LogP contribution in [0.1, 0.15) is 48.7 Å². The molecule has 0 aromatic carbocycles. The van der Waals surface area contributed by atoms with Crippen molar-refractivity contribution in [2.24, 2.45) is 11.7 Å². The number of nitrogens with zero attached hydrogens (tertiary/aromatic N) is 1. The minimum absolute atomic E-state index is 0.164. The topological polar surface area (TPSA) is 88.2 Å². The molecule has 0 fully saturated rings. The van der Waals surface area contributed by atoms with Crippen molar-refractivity contribution in [3.8, 4) is 0 Å². The van der Waals surface area contributed by atoms with Crippen molar-refractivity contribution < 1.29 is 9.90 Å². The van der Waals surface area contributed by atoms with Crippen molar-refractivity contribution in [2.75, 3.05) is 6.54 Å². The summed E-state index contributed by atoms with van der Waals surface area (Å²) in [6, 6.07) is -0.164. The van der Waals surface area contributed by atoms with Gasteiger partial charge < -0.3 is 16.2 Å². The number of hydrogen-bond acceptors (Lipinski definition) is 5. The van der Waals surface area contributed by atoms with Gasteiger partial charge in [0.15, 0.2) is 0 Å². The third kappa shape index (κ3) is 4.72. The maximum atomic E-state index is 11.8. The molecule has 1 rings (SSSR count). The summed E-state index contributed by atoms with van der Waals surface area (Å²) in [6.45, 7) is 6.13. The van der Waals surface area contributed by atoms with Gasteiger partial charge in [0.1, 0.15) is 10.7 Å². The molecule has 0 saturated carbocycles. The number of aliphatic hydroxyl groups is 1. The number of aromatic nitrogens is 1. The molecule has 0 aliphatic carbocycles. The minimum Gasteiger partial charge on any atom is -0.391 e. The summed E-state index contributed by atoms with van der Waals surface area (Å²) >= 11 is 1.37. The number of carbonyl (C=O) groups is 1. The van der Waals surface area contributed by atoms with Crippen molar-refractivity contribution >= 4 is 17.2 Å². The molecule has 1 heterocycles. The van der Waals surface area contributed by atoms with Gasteiger partial charge in [-0.2, -0.15) is 0 Å². The van der Waals surface area contributed by atoms with Crippen LogP contribution in [0.5, 0.6) is 0 Å². The Bertz CT molecular complexity index is 390. The molecule has 4 N–H and O–H groups in total. The molecule has 2 unspecified atom stereocenters. The van der Waals surface area contributed by atoms with E-state index in [2.05, 4.69) is 10.3 Å². The summed E-state index contributed by atoms with van der Waals surface area (Å²) < 4.78 is 0. The van der Waals surface area contributed by atoms with Crippen LogP contribution in [0.4, 0.5) is 0 Å². The van der Waals surface area contributed by atoms with E-state index < -0.39 is 6.10 Å². The van der Waals surface area contributed by atoms with Gasteiger partial charge in [-0.3, -0.25) is 4.79 Å². The van der Waals surface area contributed by atoms with Crippen LogP contribution < -0.4 is 11.1 Å². The van der Waals surface area contributed by atoms with Gasteiger partial charge in [0, 0.05) is 11.9 Å². The van der Waals surface area contributed by atoms with Crippen molar-refractivity contribution in [2.45, 2.75) is 39.3 Å². The van der Waals surface area contributed by atoms with E-state index >= 15 is 0 Å². The molecule has 0 bridgehead atoms. The van der Waals surface area contributed by atoms with Crippen LogP contribution in [-0.2, 0) is 0 Å². The predicted molar refractivity (Wildman–Crippen MR) is 72.5 cm³/mol. The Balaban J connectivity index is 2.45. The second-order valence-corrected chi connectivity index (χ2v) is 5.74. The lowest BCUT2D eigenvalue weighted by Gasteiger charge is -2.13. The Morgan fingerprint density at radius 2 is 2.22 bits per heavy atom. The summed E-state index contributed by atoms with van der Waals surface area (Å²) in [4.78, 5) is 15.9. The predicted octanol–water partition coefficient (Wildman–Crippen LogP) is 1.30. The van der Waals surface area contributed by atoms with E-state index in [-0.39, 0.29) is 18.5 Å². The molecule has 0 spiro atoms. The number of nitrogens with one attached hydrogen (secondary N) is 1. The average Bonchev–Trinajstić information content (AvgIpc) is 2.74. The van der Waals surface area contributed by atoms with Crippen molar-refractivity contribution in [1.29, 1.82) is 0 Å². The van der Waals surface area contributed by atoms with E-state index in [9.17, 15) is 9.90 Å². The molecule has 1 aromatic heterocycles. The van der Waals surface area contributed by atoms with Crippen LogP contribution in [0, 0.1) is 5.92 Å². The quantitative estimate of drug-likeness (QED) is 0.727. The number of thiazole rings is 1. The van der Waals surface area contributed by atoms with Gasteiger partial charge in [-0.25, -0.2) is 4.98 Å². The zero-order valence-electron chi connectivity index (χ0n) is 11.0.